The van der Waals surface area contributed by atoms with E-state index < -0.39 is 10.1 Å². The second kappa shape index (κ2) is 7.08. The molecular formula is C21H14N2O5S. The van der Waals surface area contributed by atoms with Crippen molar-refractivity contribution < 1.29 is 22.9 Å². The molecule has 0 aliphatic heterocycles. The van der Waals surface area contributed by atoms with Crippen LogP contribution in [-0.4, -0.2) is 24.4 Å². The van der Waals surface area contributed by atoms with Gasteiger partial charge in [-0.1, -0.05) is 54.6 Å². The Morgan fingerprint density at radius 2 is 1.48 bits per heavy atom. The number of hydrogen-bond acceptors (Lipinski definition) is 6. The summed E-state index contributed by atoms with van der Waals surface area (Å²) in [6.07, 6.45) is 0.500. The Hall–Kier alpha value is -3.62. The quantitative estimate of drug-likeness (QED) is 0.275. The van der Waals surface area contributed by atoms with Gasteiger partial charge < -0.3 is 5.11 Å². The minimum Gasteiger partial charge on any atom is -0.505 e. The van der Waals surface area contributed by atoms with E-state index in [1.807, 2.05) is 0 Å². The fourth-order valence-corrected chi connectivity index (χ4v) is 4.05. The van der Waals surface area contributed by atoms with Crippen molar-refractivity contribution in [2.45, 2.75) is 4.90 Å². The standard InChI is InChI=1S/C21H14N2O5S/c24-12-15-11-14-6-2-3-7-16(14)19(20(15)25)23-22-18-10-9-13-5-1-4-8-17(13)21(18)29(26,27)28/h1-12,25H,(H,26,27,28)/b23-22-. The van der Waals surface area contributed by atoms with Crippen molar-refractivity contribution in [3.63, 3.8) is 0 Å². The Bertz CT molecular complexity index is 1410. The minimum atomic E-state index is -4.60. The Morgan fingerprint density at radius 1 is 0.828 bits per heavy atom. The molecule has 0 amide bonds. The summed E-state index contributed by atoms with van der Waals surface area (Å²) in [5.41, 5.74) is -0.0306. The number of phenols is 1. The number of aromatic hydroxyl groups is 1. The zero-order valence-corrected chi connectivity index (χ0v) is 15.7. The summed E-state index contributed by atoms with van der Waals surface area (Å²) in [4.78, 5) is 10.9. The molecule has 4 rings (SSSR count). The molecule has 0 aliphatic rings. The maximum absolute atomic E-state index is 12.0. The molecule has 0 unspecified atom stereocenters. The van der Waals surface area contributed by atoms with Gasteiger partial charge in [0.05, 0.1) is 5.56 Å². The van der Waals surface area contributed by atoms with Crippen LogP contribution < -0.4 is 0 Å². The molecular weight excluding hydrogens is 392 g/mol. The highest BCUT2D eigenvalue weighted by atomic mass is 32.2. The maximum Gasteiger partial charge on any atom is 0.297 e. The number of phenolic OH excluding ortho intramolecular Hbond substituents is 1. The number of azo groups is 1. The van der Waals surface area contributed by atoms with Crippen LogP contribution in [0.3, 0.4) is 0 Å². The normalized spacial score (nSPS) is 12.0. The van der Waals surface area contributed by atoms with Crippen LogP contribution in [0.4, 0.5) is 11.4 Å². The first kappa shape index (κ1) is 18.7. The van der Waals surface area contributed by atoms with E-state index in [1.165, 1.54) is 12.1 Å². The number of aldehydes is 1. The van der Waals surface area contributed by atoms with Crippen molar-refractivity contribution >= 4 is 49.3 Å². The maximum atomic E-state index is 12.0. The summed E-state index contributed by atoms with van der Waals surface area (Å²) in [5, 5.41) is 20.5. The first-order valence-electron chi connectivity index (χ1n) is 8.51. The average Bonchev–Trinajstić information content (AvgIpc) is 2.71. The third kappa shape index (κ3) is 3.35. The van der Waals surface area contributed by atoms with Crippen molar-refractivity contribution in [1.82, 2.24) is 0 Å². The first-order valence-corrected chi connectivity index (χ1v) is 9.95. The molecule has 0 aliphatic carbocycles. The van der Waals surface area contributed by atoms with Crippen molar-refractivity contribution in [2.75, 3.05) is 0 Å². The lowest BCUT2D eigenvalue weighted by atomic mass is 10.0. The second-order valence-electron chi connectivity index (χ2n) is 6.31. The molecule has 0 fully saturated rings. The molecule has 7 nitrogen and oxygen atoms in total. The molecule has 2 N–H and O–H groups in total. The number of rotatable bonds is 4. The highest BCUT2D eigenvalue weighted by Gasteiger charge is 2.20. The Kier molecular flexibility index (Phi) is 4.57. The average molecular weight is 406 g/mol. The molecule has 0 heterocycles. The third-order valence-corrected chi connectivity index (χ3v) is 5.47. The number of carbonyl (C=O) groups excluding carboxylic acids is 1. The van der Waals surface area contributed by atoms with Crippen molar-refractivity contribution in [3.05, 3.63) is 72.3 Å². The zero-order chi connectivity index (χ0) is 20.6. The van der Waals surface area contributed by atoms with Crippen LogP contribution >= 0.6 is 0 Å². The number of hydrogen-bond donors (Lipinski definition) is 2. The lowest BCUT2D eigenvalue weighted by Gasteiger charge is -2.08. The number of benzene rings is 4. The fourth-order valence-electron chi connectivity index (χ4n) is 3.21. The second-order valence-corrected chi connectivity index (χ2v) is 7.67. The van der Waals surface area contributed by atoms with E-state index in [0.29, 0.717) is 27.8 Å². The van der Waals surface area contributed by atoms with Gasteiger partial charge >= 0.3 is 0 Å². The molecule has 4 aromatic carbocycles. The first-order chi connectivity index (χ1) is 13.9. The summed E-state index contributed by atoms with van der Waals surface area (Å²) < 4.78 is 33.8. The SMILES string of the molecule is O=Cc1cc2ccccc2c(/N=N\c2ccc3ccccc3c2S(=O)(=O)O)c1O. The van der Waals surface area contributed by atoms with Gasteiger partial charge in [-0.3, -0.25) is 9.35 Å². The molecule has 0 bridgehead atoms. The molecule has 0 saturated heterocycles. The summed E-state index contributed by atoms with van der Waals surface area (Å²) in [6.45, 7) is 0. The van der Waals surface area contributed by atoms with E-state index in [0.717, 1.165) is 0 Å². The number of fused-ring (bicyclic) bond motifs is 2. The van der Waals surface area contributed by atoms with Crippen LogP contribution in [0.5, 0.6) is 5.75 Å². The van der Waals surface area contributed by atoms with E-state index in [9.17, 15) is 22.9 Å². The highest BCUT2D eigenvalue weighted by molar-refractivity contribution is 7.86. The van der Waals surface area contributed by atoms with Crippen molar-refractivity contribution in [2.24, 2.45) is 10.2 Å². The van der Waals surface area contributed by atoms with E-state index in [1.54, 1.807) is 54.6 Å². The van der Waals surface area contributed by atoms with Gasteiger partial charge in [-0.15, -0.1) is 10.2 Å². The van der Waals surface area contributed by atoms with Crippen molar-refractivity contribution in [1.29, 1.82) is 0 Å². The topological polar surface area (TPSA) is 116 Å². The van der Waals surface area contributed by atoms with Crippen LogP contribution in [0.15, 0.2) is 81.9 Å². The van der Waals surface area contributed by atoms with Gasteiger partial charge in [-0.2, -0.15) is 8.42 Å². The predicted octanol–water partition coefficient (Wildman–Crippen LogP) is 5.17. The van der Waals surface area contributed by atoms with Crippen molar-refractivity contribution in [3.8, 4) is 5.75 Å². The predicted molar refractivity (Wildman–Crippen MR) is 109 cm³/mol. The molecule has 0 saturated carbocycles. The molecule has 8 heteroatoms. The molecule has 144 valence electrons. The number of carbonyl (C=O) groups is 1. The van der Waals surface area contributed by atoms with Crippen LogP contribution in [-0.2, 0) is 10.1 Å². The third-order valence-electron chi connectivity index (χ3n) is 4.53. The lowest BCUT2D eigenvalue weighted by Crippen LogP contribution is -1.99. The Balaban J connectivity index is 1.97. The van der Waals surface area contributed by atoms with E-state index in [4.69, 9.17) is 0 Å². The van der Waals surface area contributed by atoms with Gasteiger partial charge in [-0.05, 0) is 22.9 Å². The zero-order valence-electron chi connectivity index (χ0n) is 14.9. The van der Waals surface area contributed by atoms with E-state index >= 15 is 0 Å². The molecule has 0 atom stereocenters. The van der Waals surface area contributed by atoms with Gasteiger partial charge in [0.2, 0.25) is 0 Å². The van der Waals surface area contributed by atoms with Gasteiger partial charge in [0.1, 0.15) is 16.3 Å². The van der Waals surface area contributed by atoms with Crippen LogP contribution in [0.2, 0.25) is 0 Å². The Labute approximate surface area is 165 Å². The largest absolute Gasteiger partial charge is 0.505 e. The molecule has 0 aromatic heterocycles. The smallest absolute Gasteiger partial charge is 0.297 e. The summed E-state index contributed by atoms with van der Waals surface area (Å²) >= 11 is 0. The summed E-state index contributed by atoms with van der Waals surface area (Å²) in [7, 11) is -4.60. The van der Waals surface area contributed by atoms with Crippen LogP contribution in [0, 0.1) is 0 Å². The molecule has 0 radical (unpaired) electrons. The highest BCUT2D eigenvalue weighted by Crippen LogP contribution is 2.40. The minimum absolute atomic E-state index is 0.0275. The molecule has 29 heavy (non-hydrogen) atoms. The summed E-state index contributed by atoms with van der Waals surface area (Å²) in [6, 6.07) is 18.2. The van der Waals surface area contributed by atoms with Gasteiger partial charge in [0.25, 0.3) is 10.1 Å². The monoisotopic (exact) mass is 406 g/mol. The molecule has 4 aromatic rings. The van der Waals surface area contributed by atoms with Crippen LogP contribution in [0.1, 0.15) is 10.4 Å². The fraction of sp³-hybridized carbons (Fsp3) is 0. The van der Waals surface area contributed by atoms with Gasteiger partial charge in [-0.25, -0.2) is 0 Å². The number of nitrogens with zero attached hydrogens (tertiary/aromatic N) is 2. The van der Waals surface area contributed by atoms with Gasteiger partial charge in [0.15, 0.2) is 12.0 Å². The van der Waals surface area contributed by atoms with E-state index in [-0.39, 0.29) is 27.6 Å². The Morgan fingerprint density at radius 3 is 2.17 bits per heavy atom. The summed E-state index contributed by atoms with van der Waals surface area (Å²) in [5.74, 6) is -0.364. The van der Waals surface area contributed by atoms with E-state index in [2.05, 4.69) is 10.2 Å². The molecule has 0 spiro atoms. The van der Waals surface area contributed by atoms with Crippen LogP contribution in [0.25, 0.3) is 21.5 Å². The van der Waals surface area contributed by atoms with Gasteiger partial charge in [0, 0.05) is 10.8 Å². The lowest BCUT2D eigenvalue weighted by molar-refractivity contribution is 0.112.